The molecule has 1 rings (SSSR count). The average Bonchev–Trinajstić information content (AvgIpc) is 2.58. The summed E-state index contributed by atoms with van der Waals surface area (Å²) in [5.41, 5.74) is 0.588. The van der Waals surface area contributed by atoms with Crippen LogP contribution in [0.1, 0.15) is 45.7 Å². The molecule has 0 aliphatic rings. The predicted molar refractivity (Wildman–Crippen MR) is 123 cm³/mol. The van der Waals surface area contributed by atoms with Gasteiger partial charge in [0.25, 0.3) is 0 Å². The highest BCUT2D eigenvalue weighted by Crippen LogP contribution is 2.49. The van der Waals surface area contributed by atoms with Crippen LogP contribution in [0.4, 0.5) is 0 Å². The van der Waals surface area contributed by atoms with Crippen molar-refractivity contribution in [2.24, 2.45) is 0 Å². The summed E-state index contributed by atoms with van der Waals surface area (Å²) in [4.78, 5) is 0. The molecule has 1 aromatic rings. The topological polar surface area (TPSA) is 88.1 Å². The van der Waals surface area contributed by atoms with E-state index in [1.54, 1.807) is 39.2 Å². The SMILES string of the molecule is CCOP(=O)(CS(=O)(=O)Cc1cccc(OC)c1CO[Si](C)(C)C(C)(C)C)OCC. The van der Waals surface area contributed by atoms with Crippen LogP contribution < -0.4 is 4.74 Å². The number of rotatable bonds is 12. The molecule has 0 saturated carbocycles. The molecular formula is C20H37O7PSSi. The number of ether oxygens (including phenoxy) is 1. The fraction of sp³-hybridized carbons (Fsp3) is 0.700. The summed E-state index contributed by atoms with van der Waals surface area (Å²) < 4.78 is 60.6. The van der Waals surface area contributed by atoms with Crippen LogP contribution in [0.2, 0.25) is 18.1 Å². The minimum atomic E-state index is -3.78. The molecule has 0 aliphatic carbocycles. The highest BCUT2D eigenvalue weighted by Gasteiger charge is 2.38. The van der Waals surface area contributed by atoms with Crippen LogP contribution in [0.3, 0.4) is 0 Å². The quantitative estimate of drug-likeness (QED) is 0.294. The molecule has 0 heterocycles. The Bertz CT molecular complexity index is 837. The van der Waals surface area contributed by atoms with Crippen molar-refractivity contribution in [3.05, 3.63) is 29.3 Å². The van der Waals surface area contributed by atoms with E-state index < -0.39 is 31.2 Å². The summed E-state index contributed by atoms with van der Waals surface area (Å²) in [7, 11) is -8.01. The summed E-state index contributed by atoms with van der Waals surface area (Å²) in [5.74, 6) is 0.268. The fourth-order valence-electron chi connectivity index (χ4n) is 2.60. The lowest BCUT2D eigenvalue weighted by Gasteiger charge is -2.36. The van der Waals surface area contributed by atoms with Crippen LogP contribution in [0.5, 0.6) is 5.75 Å². The molecular weight excluding hydrogens is 443 g/mol. The smallest absolute Gasteiger partial charge is 0.345 e. The highest BCUT2D eigenvalue weighted by molar-refractivity contribution is 7.97. The number of hydrogen-bond donors (Lipinski definition) is 0. The minimum Gasteiger partial charge on any atom is -0.496 e. The Balaban J connectivity index is 3.19. The van der Waals surface area contributed by atoms with E-state index >= 15 is 0 Å². The van der Waals surface area contributed by atoms with E-state index in [0.717, 1.165) is 0 Å². The van der Waals surface area contributed by atoms with Crippen LogP contribution in [-0.4, -0.2) is 42.6 Å². The van der Waals surface area contributed by atoms with E-state index in [4.69, 9.17) is 18.2 Å². The third kappa shape index (κ3) is 7.77. The van der Waals surface area contributed by atoms with Crippen molar-refractivity contribution >= 4 is 25.8 Å². The predicted octanol–water partition coefficient (Wildman–Crippen LogP) is 5.36. The largest absolute Gasteiger partial charge is 0.496 e. The zero-order valence-corrected chi connectivity index (χ0v) is 22.2. The summed E-state index contributed by atoms with van der Waals surface area (Å²) in [5, 5.41) is 0.0167. The van der Waals surface area contributed by atoms with E-state index in [1.165, 1.54) is 0 Å². The number of hydrogen-bond acceptors (Lipinski definition) is 7. The monoisotopic (exact) mass is 480 g/mol. The lowest BCUT2D eigenvalue weighted by atomic mass is 10.1. The first kappa shape index (κ1) is 27.3. The molecule has 0 unspecified atom stereocenters. The first-order chi connectivity index (χ1) is 13.7. The Morgan fingerprint density at radius 2 is 1.63 bits per heavy atom. The Morgan fingerprint density at radius 1 is 1.07 bits per heavy atom. The van der Waals surface area contributed by atoms with Gasteiger partial charge in [0.2, 0.25) is 0 Å². The van der Waals surface area contributed by atoms with Crippen molar-refractivity contribution in [2.45, 2.75) is 65.1 Å². The molecule has 174 valence electrons. The molecule has 0 aromatic heterocycles. The van der Waals surface area contributed by atoms with Crippen LogP contribution >= 0.6 is 7.60 Å². The average molecular weight is 481 g/mol. The Labute approximate surface area is 183 Å². The van der Waals surface area contributed by atoms with Crippen molar-refractivity contribution in [2.75, 3.05) is 25.8 Å². The van der Waals surface area contributed by atoms with Crippen LogP contribution in [0, 0.1) is 0 Å². The number of methoxy groups -OCH3 is 1. The maximum Gasteiger partial charge on any atom is 0.345 e. The standard InChI is InChI=1S/C20H37O7PSSi/c1-9-25-28(21,26-10-2)16-29(22,23)15-17-12-11-13-19(24-6)18(17)14-27-30(7,8)20(3,4)5/h11-13H,9-10,14-16H2,1-8H3. The summed E-state index contributed by atoms with van der Waals surface area (Å²) >= 11 is 0. The Morgan fingerprint density at radius 3 is 2.10 bits per heavy atom. The Hall–Kier alpha value is -0.703. The second kappa shape index (κ2) is 10.7. The van der Waals surface area contributed by atoms with E-state index in [9.17, 15) is 13.0 Å². The number of sulfone groups is 1. The van der Waals surface area contributed by atoms with Gasteiger partial charge in [-0.25, -0.2) is 8.42 Å². The van der Waals surface area contributed by atoms with Gasteiger partial charge in [-0.1, -0.05) is 32.9 Å². The molecule has 7 nitrogen and oxygen atoms in total. The summed E-state index contributed by atoms with van der Waals surface area (Å²) in [6.45, 7) is 14.5. The normalized spacial score (nSPS) is 13.5. The Kier molecular flexibility index (Phi) is 9.79. The van der Waals surface area contributed by atoms with Gasteiger partial charge in [-0.2, -0.15) is 0 Å². The fourth-order valence-corrected chi connectivity index (χ4v) is 8.03. The van der Waals surface area contributed by atoms with Crippen molar-refractivity contribution in [1.29, 1.82) is 0 Å². The summed E-state index contributed by atoms with van der Waals surface area (Å²) in [6.07, 6.45) is 0. The molecule has 0 bridgehead atoms. The van der Waals surface area contributed by atoms with Crippen molar-refractivity contribution in [3.8, 4) is 5.75 Å². The second-order valence-corrected chi connectivity index (χ2v) is 18.0. The molecule has 10 heteroatoms. The van der Waals surface area contributed by atoms with E-state index in [0.29, 0.717) is 16.9 Å². The van der Waals surface area contributed by atoms with Gasteiger partial charge in [0.15, 0.2) is 23.6 Å². The van der Waals surface area contributed by atoms with Gasteiger partial charge in [0.1, 0.15) is 5.75 Å². The molecule has 0 fully saturated rings. The maximum atomic E-state index is 12.9. The molecule has 0 atom stereocenters. The third-order valence-corrected chi connectivity index (χ3v) is 14.6. The van der Waals surface area contributed by atoms with Crippen LogP contribution in [-0.2, 0) is 40.2 Å². The lowest BCUT2D eigenvalue weighted by molar-refractivity contribution is 0.224. The van der Waals surface area contributed by atoms with Crippen molar-refractivity contribution in [1.82, 2.24) is 0 Å². The van der Waals surface area contributed by atoms with Gasteiger partial charge in [0.05, 0.1) is 32.7 Å². The zero-order chi connectivity index (χ0) is 23.2. The molecule has 0 N–H and O–H groups in total. The minimum absolute atomic E-state index is 0.0167. The molecule has 0 spiro atoms. The third-order valence-electron chi connectivity index (χ3n) is 5.22. The lowest BCUT2D eigenvalue weighted by Crippen LogP contribution is -2.40. The zero-order valence-electron chi connectivity index (χ0n) is 19.5. The second-order valence-electron chi connectivity index (χ2n) is 8.61. The first-order valence-electron chi connectivity index (χ1n) is 10.1. The van der Waals surface area contributed by atoms with E-state index in [2.05, 4.69) is 33.9 Å². The van der Waals surface area contributed by atoms with E-state index in [1.807, 2.05) is 0 Å². The van der Waals surface area contributed by atoms with Gasteiger partial charge >= 0.3 is 7.60 Å². The number of benzene rings is 1. The molecule has 0 amide bonds. The molecule has 0 saturated heterocycles. The highest BCUT2D eigenvalue weighted by atomic mass is 32.2. The molecule has 1 aromatic carbocycles. The van der Waals surface area contributed by atoms with E-state index in [-0.39, 0.29) is 30.6 Å². The van der Waals surface area contributed by atoms with Crippen LogP contribution in [0.25, 0.3) is 0 Å². The summed E-state index contributed by atoms with van der Waals surface area (Å²) in [6, 6.07) is 5.26. The van der Waals surface area contributed by atoms with Gasteiger partial charge < -0.3 is 18.2 Å². The van der Waals surface area contributed by atoms with Gasteiger partial charge in [-0.3, -0.25) is 4.57 Å². The molecule has 0 aliphatic heterocycles. The van der Waals surface area contributed by atoms with Gasteiger partial charge in [0, 0.05) is 5.56 Å². The van der Waals surface area contributed by atoms with Crippen molar-refractivity contribution < 1.29 is 31.2 Å². The van der Waals surface area contributed by atoms with Crippen LogP contribution in [0.15, 0.2) is 18.2 Å². The molecule has 30 heavy (non-hydrogen) atoms. The van der Waals surface area contributed by atoms with Gasteiger partial charge in [-0.05, 0) is 43.6 Å². The maximum absolute atomic E-state index is 12.9. The molecule has 0 radical (unpaired) electrons. The van der Waals surface area contributed by atoms with Gasteiger partial charge in [-0.15, -0.1) is 0 Å². The van der Waals surface area contributed by atoms with Crippen molar-refractivity contribution in [3.63, 3.8) is 0 Å². The first-order valence-corrected chi connectivity index (χ1v) is 16.5.